The second kappa shape index (κ2) is 6.68. The maximum absolute atomic E-state index is 15.2. The topological polar surface area (TPSA) is 0 Å². The summed E-state index contributed by atoms with van der Waals surface area (Å²) in [6, 6.07) is 8.79. The van der Waals surface area contributed by atoms with E-state index < -0.39 is 33.9 Å². The molecule has 3 aromatic carbocycles. The highest BCUT2D eigenvalue weighted by atomic mass is 35.5. The van der Waals surface area contributed by atoms with Gasteiger partial charge in [-0.1, -0.05) is 43.1 Å². The van der Waals surface area contributed by atoms with Crippen LogP contribution >= 0.6 is 11.6 Å². The van der Waals surface area contributed by atoms with E-state index >= 15 is 4.39 Å². The fraction of sp³-hybridized carbons (Fsp3) is 0.182. The molecule has 3 aromatic rings. The van der Waals surface area contributed by atoms with Gasteiger partial charge in [0.15, 0.2) is 0 Å². The Hall–Kier alpha value is -2.33. The maximum atomic E-state index is 15.2. The molecule has 1 aliphatic rings. The number of rotatable bonds is 3. The molecule has 0 aliphatic heterocycles. The maximum Gasteiger partial charge on any atom is 0.145 e. The van der Waals surface area contributed by atoms with Crippen molar-refractivity contribution in [3.63, 3.8) is 0 Å². The Morgan fingerprint density at radius 1 is 0.889 bits per heavy atom. The van der Waals surface area contributed by atoms with Crippen molar-refractivity contribution in [3.05, 3.63) is 81.4 Å². The molecule has 0 saturated carbocycles. The van der Waals surface area contributed by atoms with Crippen molar-refractivity contribution in [2.24, 2.45) is 0 Å². The lowest BCUT2D eigenvalue weighted by molar-refractivity contribution is 0.576. The molecule has 0 atom stereocenters. The molecular weight excluding hydrogens is 376 g/mol. The summed E-state index contributed by atoms with van der Waals surface area (Å²) in [6.07, 6.45) is 2.22. The van der Waals surface area contributed by atoms with Crippen LogP contribution in [0.4, 0.5) is 17.6 Å². The minimum atomic E-state index is -1.06. The largest absolute Gasteiger partial charge is 0.206 e. The van der Waals surface area contributed by atoms with Crippen LogP contribution in [-0.2, 0) is 12.8 Å². The minimum Gasteiger partial charge on any atom is -0.206 e. The van der Waals surface area contributed by atoms with E-state index in [1.54, 1.807) is 0 Å². The highest BCUT2D eigenvalue weighted by Crippen LogP contribution is 2.43. The van der Waals surface area contributed by atoms with Gasteiger partial charge in [0.1, 0.15) is 28.3 Å². The molecule has 0 aromatic heterocycles. The molecule has 138 valence electrons. The zero-order chi connectivity index (χ0) is 19.3. The molecule has 0 fully saturated rings. The van der Waals surface area contributed by atoms with E-state index in [9.17, 15) is 13.2 Å². The fourth-order valence-corrected chi connectivity index (χ4v) is 3.84. The number of halogens is 5. The van der Waals surface area contributed by atoms with Crippen molar-refractivity contribution in [2.45, 2.75) is 26.2 Å². The number of aryl methyl sites for hydroxylation is 1. The van der Waals surface area contributed by atoms with Gasteiger partial charge in [-0.15, -0.1) is 0 Å². The Labute approximate surface area is 159 Å². The first-order valence-corrected chi connectivity index (χ1v) is 9.06. The summed E-state index contributed by atoms with van der Waals surface area (Å²) >= 11 is 5.47. The molecule has 0 nitrogen and oxygen atoms in total. The van der Waals surface area contributed by atoms with Crippen LogP contribution in [0.5, 0.6) is 0 Å². The lowest BCUT2D eigenvalue weighted by Crippen LogP contribution is -1.98. The Balaban J connectivity index is 1.86. The van der Waals surface area contributed by atoms with Crippen LogP contribution < -0.4 is 0 Å². The van der Waals surface area contributed by atoms with Crippen LogP contribution in [0.2, 0.25) is 5.02 Å². The zero-order valence-corrected chi connectivity index (χ0v) is 15.2. The highest BCUT2D eigenvalue weighted by Gasteiger charge is 2.27. The summed E-state index contributed by atoms with van der Waals surface area (Å²) < 4.78 is 57.5. The molecule has 27 heavy (non-hydrogen) atoms. The monoisotopic (exact) mass is 390 g/mol. The second-order valence-corrected chi connectivity index (χ2v) is 7.12. The van der Waals surface area contributed by atoms with E-state index in [1.807, 2.05) is 18.2 Å². The summed E-state index contributed by atoms with van der Waals surface area (Å²) in [4.78, 5) is 0. The zero-order valence-electron chi connectivity index (χ0n) is 14.5. The third-order valence-electron chi connectivity index (χ3n) is 4.96. The molecule has 0 amide bonds. The van der Waals surface area contributed by atoms with Gasteiger partial charge in [-0.05, 0) is 52.4 Å². The Morgan fingerprint density at radius 3 is 2.26 bits per heavy atom. The molecule has 0 radical (unpaired) electrons. The first-order valence-electron chi connectivity index (χ1n) is 8.68. The van der Waals surface area contributed by atoms with Crippen molar-refractivity contribution in [1.82, 2.24) is 0 Å². The van der Waals surface area contributed by atoms with Gasteiger partial charge in [0.25, 0.3) is 0 Å². The standard InChI is InChI=1S/C22H15ClF4/c1-2-3-11-4-5-14-12(6-11)7-16-15(14)10-17(24)20(22(16)27)13-8-18(25)21(23)19(26)9-13/h4-6,8-10H,2-3,7H2,1H3. The molecule has 0 spiro atoms. The van der Waals surface area contributed by atoms with Crippen molar-refractivity contribution in [3.8, 4) is 22.3 Å². The first-order chi connectivity index (χ1) is 12.9. The average Bonchev–Trinajstić information content (AvgIpc) is 2.98. The second-order valence-electron chi connectivity index (χ2n) is 6.75. The van der Waals surface area contributed by atoms with Gasteiger partial charge in [0.05, 0.1) is 5.56 Å². The fourth-order valence-electron chi connectivity index (χ4n) is 3.73. The van der Waals surface area contributed by atoms with Gasteiger partial charge in [-0.2, -0.15) is 0 Å². The van der Waals surface area contributed by atoms with Gasteiger partial charge in [0, 0.05) is 12.0 Å². The van der Waals surface area contributed by atoms with E-state index in [0.29, 0.717) is 17.5 Å². The van der Waals surface area contributed by atoms with Crippen LogP contribution in [-0.4, -0.2) is 0 Å². The van der Waals surface area contributed by atoms with Crippen molar-refractivity contribution >= 4 is 11.6 Å². The third-order valence-corrected chi connectivity index (χ3v) is 5.32. The Kier molecular flexibility index (Phi) is 4.47. The number of benzene rings is 3. The number of fused-ring (bicyclic) bond motifs is 3. The molecule has 5 heteroatoms. The molecular formula is C22H15ClF4. The van der Waals surface area contributed by atoms with Gasteiger partial charge >= 0.3 is 0 Å². The number of hydrogen-bond acceptors (Lipinski definition) is 0. The van der Waals surface area contributed by atoms with E-state index in [-0.39, 0.29) is 5.56 Å². The Morgan fingerprint density at radius 2 is 1.59 bits per heavy atom. The number of hydrogen-bond donors (Lipinski definition) is 0. The third kappa shape index (κ3) is 2.92. The van der Waals surface area contributed by atoms with Crippen molar-refractivity contribution < 1.29 is 17.6 Å². The summed E-state index contributed by atoms with van der Waals surface area (Å²) in [5, 5.41) is -0.698. The summed E-state index contributed by atoms with van der Waals surface area (Å²) in [7, 11) is 0. The molecule has 0 bridgehead atoms. The van der Waals surface area contributed by atoms with Crippen LogP contribution in [0.3, 0.4) is 0 Å². The van der Waals surface area contributed by atoms with E-state index in [1.165, 1.54) is 6.07 Å². The minimum absolute atomic E-state index is 0.213. The van der Waals surface area contributed by atoms with E-state index in [0.717, 1.165) is 41.7 Å². The van der Waals surface area contributed by atoms with E-state index in [2.05, 4.69) is 6.92 Å². The molecule has 4 rings (SSSR count). The smallest absolute Gasteiger partial charge is 0.145 e. The van der Waals surface area contributed by atoms with Gasteiger partial charge in [-0.3, -0.25) is 0 Å². The van der Waals surface area contributed by atoms with Crippen molar-refractivity contribution in [1.29, 1.82) is 0 Å². The molecule has 0 unspecified atom stereocenters. The summed E-state index contributed by atoms with van der Waals surface area (Å²) in [5.41, 5.74) is 3.04. The normalized spacial score (nSPS) is 12.2. The Bertz CT molecular complexity index is 1050. The SMILES string of the molecule is CCCc1ccc2c(c1)Cc1c-2cc(F)c(-c2cc(F)c(Cl)c(F)c2)c1F. The average molecular weight is 391 g/mol. The van der Waals surface area contributed by atoms with Crippen LogP contribution in [0, 0.1) is 23.3 Å². The predicted molar refractivity (Wildman–Crippen MR) is 99.0 cm³/mol. The van der Waals surface area contributed by atoms with Crippen LogP contribution in [0.15, 0.2) is 36.4 Å². The lowest BCUT2D eigenvalue weighted by Gasteiger charge is -2.11. The van der Waals surface area contributed by atoms with Crippen LogP contribution in [0.25, 0.3) is 22.3 Å². The highest BCUT2D eigenvalue weighted by molar-refractivity contribution is 6.31. The van der Waals surface area contributed by atoms with Crippen LogP contribution in [0.1, 0.15) is 30.0 Å². The lowest BCUT2D eigenvalue weighted by atomic mass is 9.97. The van der Waals surface area contributed by atoms with Crippen molar-refractivity contribution in [2.75, 3.05) is 0 Å². The van der Waals surface area contributed by atoms with Gasteiger partial charge in [0.2, 0.25) is 0 Å². The van der Waals surface area contributed by atoms with Gasteiger partial charge in [-0.25, -0.2) is 17.6 Å². The molecule has 0 heterocycles. The van der Waals surface area contributed by atoms with Gasteiger partial charge < -0.3 is 0 Å². The summed E-state index contributed by atoms with van der Waals surface area (Å²) in [6.45, 7) is 2.08. The first kappa shape index (κ1) is 18.1. The molecule has 1 aliphatic carbocycles. The molecule has 0 saturated heterocycles. The quantitative estimate of drug-likeness (QED) is 0.259. The molecule has 0 N–H and O–H groups in total. The van der Waals surface area contributed by atoms with E-state index in [4.69, 9.17) is 11.6 Å². The summed E-state index contributed by atoms with van der Waals surface area (Å²) in [5.74, 6) is -3.77. The predicted octanol–water partition coefficient (Wildman–Crippen LogP) is 7.09.